The Morgan fingerprint density at radius 3 is 3.00 bits per heavy atom. The summed E-state index contributed by atoms with van der Waals surface area (Å²) in [6.45, 7) is 3.90. The molecule has 0 fully saturated rings. The zero-order valence-electron chi connectivity index (χ0n) is 11.6. The fourth-order valence-corrected chi connectivity index (χ4v) is 2.39. The lowest BCUT2D eigenvalue weighted by Gasteiger charge is -2.11. The van der Waals surface area contributed by atoms with Gasteiger partial charge in [0.2, 0.25) is 0 Å². The smallest absolute Gasteiger partial charge is 0.0575 e. The predicted octanol–water partition coefficient (Wildman–Crippen LogP) is 3.45. The molecular formula is C16H18N4. The third kappa shape index (κ3) is 2.50. The topological polar surface area (TPSA) is 42.7 Å². The third-order valence-corrected chi connectivity index (χ3v) is 3.38. The van der Waals surface area contributed by atoms with Gasteiger partial charge < -0.3 is 5.32 Å². The van der Waals surface area contributed by atoms with Crippen LogP contribution in [0.2, 0.25) is 0 Å². The number of nitrogens with zero attached hydrogens (tertiary/aromatic N) is 3. The number of aromatic nitrogens is 3. The summed E-state index contributed by atoms with van der Waals surface area (Å²) in [7, 11) is 0. The zero-order valence-corrected chi connectivity index (χ0v) is 11.6. The molecule has 4 nitrogen and oxygen atoms in total. The van der Waals surface area contributed by atoms with E-state index in [0.29, 0.717) is 0 Å². The van der Waals surface area contributed by atoms with E-state index in [1.54, 1.807) is 0 Å². The summed E-state index contributed by atoms with van der Waals surface area (Å²) >= 11 is 0. The highest BCUT2D eigenvalue weighted by atomic mass is 15.3. The molecule has 0 saturated carbocycles. The van der Waals surface area contributed by atoms with Crippen molar-refractivity contribution in [3.63, 3.8) is 0 Å². The molecule has 1 aromatic carbocycles. The number of pyridine rings is 1. The second-order valence-electron chi connectivity index (χ2n) is 4.80. The van der Waals surface area contributed by atoms with Crippen molar-refractivity contribution in [2.75, 3.05) is 5.32 Å². The van der Waals surface area contributed by atoms with Gasteiger partial charge in [-0.05, 0) is 24.6 Å². The minimum absolute atomic E-state index is 0.779. The zero-order chi connectivity index (χ0) is 13.8. The molecule has 4 heteroatoms. The quantitative estimate of drug-likeness (QED) is 0.769. The van der Waals surface area contributed by atoms with E-state index in [9.17, 15) is 0 Å². The molecule has 0 atom stereocenters. The number of hydrogen-bond donors (Lipinski definition) is 1. The molecule has 0 spiro atoms. The van der Waals surface area contributed by atoms with Gasteiger partial charge in [-0.1, -0.05) is 19.1 Å². The van der Waals surface area contributed by atoms with E-state index in [2.05, 4.69) is 51.3 Å². The highest BCUT2D eigenvalue weighted by Crippen LogP contribution is 2.22. The van der Waals surface area contributed by atoms with Crippen LogP contribution in [0.3, 0.4) is 0 Å². The van der Waals surface area contributed by atoms with E-state index in [-0.39, 0.29) is 0 Å². The maximum Gasteiger partial charge on any atom is 0.0575 e. The van der Waals surface area contributed by atoms with Gasteiger partial charge in [0.15, 0.2) is 0 Å². The number of aryl methyl sites for hydroxylation is 1. The van der Waals surface area contributed by atoms with Gasteiger partial charge in [0.1, 0.15) is 0 Å². The van der Waals surface area contributed by atoms with Gasteiger partial charge in [-0.25, -0.2) is 0 Å². The Labute approximate surface area is 118 Å². The lowest BCUT2D eigenvalue weighted by Crippen LogP contribution is -2.09. The van der Waals surface area contributed by atoms with Gasteiger partial charge in [-0.15, -0.1) is 0 Å². The van der Waals surface area contributed by atoms with Crippen molar-refractivity contribution in [3.05, 3.63) is 54.6 Å². The van der Waals surface area contributed by atoms with Gasteiger partial charge in [0.05, 0.1) is 12.2 Å². The maximum absolute atomic E-state index is 4.35. The molecule has 2 aromatic heterocycles. The molecule has 0 unspecified atom stereocenters. The van der Waals surface area contributed by atoms with E-state index >= 15 is 0 Å². The first kappa shape index (κ1) is 12.7. The highest BCUT2D eigenvalue weighted by Gasteiger charge is 2.03. The SMILES string of the molecule is CCCn1nccc1CNc1cccc2cnccc12. The Morgan fingerprint density at radius 2 is 2.10 bits per heavy atom. The molecule has 0 amide bonds. The molecule has 2 heterocycles. The molecule has 0 bridgehead atoms. The number of hydrogen-bond acceptors (Lipinski definition) is 3. The molecular weight excluding hydrogens is 248 g/mol. The summed E-state index contributed by atoms with van der Waals surface area (Å²) in [5.41, 5.74) is 2.34. The van der Waals surface area contributed by atoms with Crippen molar-refractivity contribution in [1.29, 1.82) is 0 Å². The van der Waals surface area contributed by atoms with E-state index in [1.807, 2.05) is 24.7 Å². The summed E-state index contributed by atoms with van der Waals surface area (Å²) in [4.78, 5) is 4.16. The molecule has 20 heavy (non-hydrogen) atoms. The van der Waals surface area contributed by atoms with Crippen molar-refractivity contribution >= 4 is 16.5 Å². The lowest BCUT2D eigenvalue weighted by atomic mass is 10.1. The fourth-order valence-electron chi connectivity index (χ4n) is 2.39. The normalized spacial score (nSPS) is 10.8. The number of anilines is 1. The van der Waals surface area contributed by atoms with Crippen LogP contribution in [0.25, 0.3) is 10.8 Å². The second kappa shape index (κ2) is 5.74. The average Bonchev–Trinajstić information content (AvgIpc) is 2.93. The number of fused-ring (bicyclic) bond motifs is 1. The van der Waals surface area contributed by atoms with Crippen LogP contribution in [0, 0.1) is 0 Å². The molecule has 102 valence electrons. The van der Waals surface area contributed by atoms with E-state index < -0.39 is 0 Å². The van der Waals surface area contributed by atoms with Crippen molar-refractivity contribution in [2.24, 2.45) is 0 Å². The summed E-state index contributed by atoms with van der Waals surface area (Å²) in [6, 6.07) is 10.3. The molecule has 3 rings (SSSR count). The van der Waals surface area contributed by atoms with Crippen LogP contribution >= 0.6 is 0 Å². The Hall–Kier alpha value is -2.36. The Balaban J connectivity index is 1.81. The first-order chi connectivity index (χ1) is 9.88. The lowest BCUT2D eigenvalue weighted by molar-refractivity contribution is 0.578. The Morgan fingerprint density at radius 1 is 1.15 bits per heavy atom. The summed E-state index contributed by atoms with van der Waals surface area (Å²) in [5, 5.41) is 10.2. The van der Waals surface area contributed by atoms with Gasteiger partial charge >= 0.3 is 0 Å². The summed E-state index contributed by atoms with van der Waals surface area (Å²) in [5.74, 6) is 0. The number of rotatable bonds is 5. The molecule has 0 aliphatic heterocycles. The minimum atomic E-state index is 0.779. The van der Waals surface area contributed by atoms with E-state index in [1.165, 1.54) is 11.1 Å². The molecule has 0 radical (unpaired) electrons. The Kier molecular flexibility index (Phi) is 3.63. The Bertz CT molecular complexity index is 697. The van der Waals surface area contributed by atoms with E-state index in [4.69, 9.17) is 0 Å². The van der Waals surface area contributed by atoms with Crippen molar-refractivity contribution < 1.29 is 0 Å². The molecule has 3 aromatic rings. The molecule has 0 saturated heterocycles. The van der Waals surface area contributed by atoms with Crippen LogP contribution in [0.4, 0.5) is 5.69 Å². The van der Waals surface area contributed by atoms with Gasteiger partial charge in [0, 0.05) is 41.6 Å². The van der Waals surface area contributed by atoms with Gasteiger partial charge in [-0.2, -0.15) is 5.10 Å². The first-order valence-electron chi connectivity index (χ1n) is 6.96. The average molecular weight is 266 g/mol. The van der Waals surface area contributed by atoms with Crippen LogP contribution in [0.15, 0.2) is 48.9 Å². The largest absolute Gasteiger partial charge is 0.379 e. The monoisotopic (exact) mass is 266 g/mol. The van der Waals surface area contributed by atoms with Crippen LogP contribution < -0.4 is 5.32 Å². The second-order valence-corrected chi connectivity index (χ2v) is 4.80. The summed E-state index contributed by atoms with van der Waals surface area (Å²) in [6.07, 6.45) is 6.67. The minimum Gasteiger partial charge on any atom is -0.379 e. The van der Waals surface area contributed by atoms with E-state index in [0.717, 1.165) is 30.6 Å². The van der Waals surface area contributed by atoms with Crippen LogP contribution in [0.1, 0.15) is 19.0 Å². The fraction of sp³-hybridized carbons (Fsp3) is 0.250. The van der Waals surface area contributed by atoms with Crippen molar-refractivity contribution in [3.8, 4) is 0 Å². The molecule has 0 aliphatic rings. The number of nitrogens with one attached hydrogen (secondary N) is 1. The standard InChI is InChI=1S/C16H18N4/c1-2-10-20-14(6-9-19-20)12-18-16-5-3-4-13-11-17-8-7-15(13)16/h3-9,11,18H,2,10,12H2,1H3. The third-order valence-electron chi connectivity index (χ3n) is 3.38. The summed E-state index contributed by atoms with van der Waals surface area (Å²) < 4.78 is 2.06. The predicted molar refractivity (Wildman–Crippen MR) is 81.6 cm³/mol. The highest BCUT2D eigenvalue weighted by molar-refractivity contribution is 5.93. The van der Waals surface area contributed by atoms with Crippen molar-refractivity contribution in [1.82, 2.24) is 14.8 Å². The van der Waals surface area contributed by atoms with Crippen LogP contribution in [-0.4, -0.2) is 14.8 Å². The number of benzene rings is 1. The first-order valence-corrected chi connectivity index (χ1v) is 6.96. The van der Waals surface area contributed by atoms with Gasteiger partial charge in [-0.3, -0.25) is 9.67 Å². The molecule has 1 N–H and O–H groups in total. The molecule has 0 aliphatic carbocycles. The van der Waals surface area contributed by atoms with Crippen molar-refractivity contribution in [2.45, 2.75) is 26.4 Å². The van der Waals surface area contributed by atoms with Crippen LogP contribution in [-0.2, 0) is 13.1 Å². The van der Waals surface area contributed by atoms with Gasteiger partial charge in [0.25, 0.3) is 0 Å². The maximum atomic E-state index is 4.35. The van der Waals surface area contributed by atoms with Crippen LogP contribution in [0.5, 0.6) is 0 Å².